The SMILES string of the molecule is COC(=O)C1=C(C)N(c2cccc(C(F)(F)F)c2)c2n[nH]c(=O)n2C1c1ccc(C#N)cc1C[N+](C)(C)CC1CCC1.O=C[O-]. The van der Waals surface area contributed by atoms with E-state index in [9.17, 15) is 28.0 Å². The van der Waals surface area contributed by atoms with Crippen LogP contribution in [0.15, 0.2) is 58.5 Å². The van der Waals surface area contributed by atoms with E-state index in [0.717, 1.165) is 24.2 Å². The Kier molecular flexibility index (Phi) is 9.53. The lowest BCUT2D eigenvalue weighted by Crippen LogP contribution is -2.45. The first kappa shape index (κ1) is 33.0. The smallest absolute Gasteiger partial charge is 0.416 e. The summed E-state index contributed by atoms with van der Waals surface area (Å²) in [5.74, 6) is -0.117. The molecule has 1 aliphatic heterocycles. The van der Waals surface area contributed by atoms with E-state index < -0.39 is 35.9 Å². The number of hydrogen-bond acceptors (Lipinski definition) is 8. The van der Waals surface area contributed by atoms with Gasteiger partial charge in [0.1, 0.15) is 12.6 Å². The lowest BCUT2D eigenvalue weighted by atomic mass is 9.84. The number of nitriles is 1. The molecular formula is C31H33F3N6O5. The fourth-order valence-electron chi connectivity index (χ4n) is 6.06. The molecule has 1 N–H and O–H groups in total. The van der Waals surface area contributed by atoms with Crippen LogP contribution in [0.25, 0.3) is 0 Å². The number of carbonyl (C=O) groups excluding carboxylic acids is 2. The molecular weight excluding hydrogens is 593 g/mol. The lowest BCUT2D eigenvalue weighted by molar-refractivity contribution is -0.907. The molecule has 0 saturated heterocycles. The van der Waals surface area contributed by atoms with E-state index in [1.165, 1.54) is 48.0 Å². The molecule has 1 atom stereocenters. The number of alkyl halides is 3. The zero-order chi connectivity index (χ0) is 33.1. The maximum absolute atomic E-state index is 13.6. The van der Waals surface area contributed by atoms with Crippen molar-refractivity contribution >= 4 is 24.1 Å². The number of methoxy groups -OCH3 is 1. The quantitative estimate of drug-likeness (QED) is 0.239. The lowest BCUT2D eigenvalue weighted by Gasteiger charge is -2.39. The number of H-pyrrole nitrogens is 1. The van der Waals surface area contributed by atoms with Gasteiger partial charge in [-0.1, -0.05) is 18.6 Å². The van der Waals surface area contributed by atoms with Gasteiger partial charge in [0, 0.05) is 29.3 Å². The first-order chi connectivity index (χ1) is 21.3. The van der Waals surface area contributed by atoms with Gasteiger partial charge in [-0.3, -0.25) is 4.90 Å². The predicted molar refractivity (Wildman–Crippen MR) is 155 cm³/mol. The van der Waals surface area contributed by atoms with Gasteiger partial charge in [-0.05, 0) is 55.7 Å². The number of aromatic nitrogens is 3. The van der Waals surface area contributed by atoms with Crippen LogP contribution in [0.3, 0.4) is 0 Å². The fourth-order valence-corrected chi connectivity index (χ4v) is 6.06. The predicted octanol–water partition coefficient (Wildman–Crippen LogP) is 3.39. The van der Waals surface area contributed by atoms with Crippen molar-refractivity contribution in [2.45, 2.75) is 44.9 Å². The molecule has 5 rings (SSSR count). The number of quaternary nitrogens is 1. The number of carbonyl (C=O) groups is 2. The van der Waals surface area contributed by atoms with Gasteiger partial charge in [0.2, 0.25) is 5.95 Å². The molecule has 45 heavy (non-hydrogen) atoms. The molecule has 3 aromatic rings. The molecule has 238 valence electrons. The van der Waals surface area contributed by atoms with Crippen LogP contribution in [0.4, 0.5) is 24.8 Å². The molecule has 2 heterocycles. The first-order valence-electron chi connectivity index (χ1n) is 14.1. The highest BCUT2D eigenvalue weighted by Gasteiger charge is 2.41. The highest BCUT2D eigenvalue weighted by molar-refractivity contribution is 5.93. The first-order valence-corrected chi connectivity index (χ1v) is 14.1. The van der Waals surface area contributed by atoms with Gasteiger partial charge in [-0.15, -0.1) is 5.10 Å². The monoisotopic (exact) mass is 626 g/mol. The normalized spacial score (nSPS) is 16.6. The van der Waals surface area contributed by atoms with Crippen molar-refractivity contribution in [2.24, 2.45) is 5.92 Å². The Hall–Kier alpha value is -4.90. The van der Waals surface area contributed by atoms with Crippen molar-refractivity contribution in [1.29, 1.82) is 5.26 Å². The molecule has 1 unspecified atom stereocenters. The van der Waals surface area contributed by atoms with Gasteiger partial charge in [-0.25, -0.2) is 19.3 Å². The van der Waals surface area contributed by atoms with Crippen LogP contribution in [-0.2, 0) is 27.0 Å². The second kappa shape index (κ2) is 13.0. The molecule has 2 aliphatic rings. The van der Waals surface area contributed by atoms with E-state index in [-0.39, 0.29) is 22.9 Å². The third-order valence-corrected chi connectivity index (χ3v) is 8.12. The summed E-state index contributed by atoms with van der Waals surface area (Å²) in [6.07, 6.45) is -1.06. The van der Waals surface area contributed by atoms with Crippen molar-refractivity contribution < 1.29 is 37.1 Å². The molecule has 2 aromatic carbocycles. The second-order valence-electron chi connectivity index (χ2n) is 11.7. The van der Waals surface area contributed by atoms with E-state index in [0.29, 0.717) is 28.1 Å². The number of carboxylic acid groups (broad SMARTS) is 1. The number of hydrogen-bond donors (Lipinski definition) is 1. The Labute approximate surface area is 257 Å². The summed E-state index contributed by atoms with van der Waals surface area (Å²) in [7, 11) is 5.42. The van der Waals surface area contributed by atoms with Crippen molar-refractivity contribution in [3.8, 4) is 6.07 Å². The van der Waals surface area contributed by atoms with Crippen LogP contribution in [0.5, 0.6) is 0 Å². The molecule has 1 aromatic heterocycles. The molecule has 0 amide bonds. The van der Waals surface area contributed by atoms with Crippen LogP contribution in [0.1, 0.15) is 54.5 Å². The maximum atomic E-state index is 13.6. The minimum atomic E-state index is -4.61. The van der Waals surface area contributed by atoms with E-state index in [4.69, 9.17) is 14.6 Å². The Morgan fingerprint density at radius 3 is 2.51 bits per heavy atom. The van der Waals surface area contributed by atoms with E-state index in [1.807, 2.05) is 0 Å². The highest BCUT2D eigenvalue weighted by atomic mass is 19.4. The van der Waals surface area contributed by atoms with E-state index >= 15 is 0 Å². The van der Waals surface area contributed by atoms with Crippen LogP contribution in [-0.4, -0.2) is 59.4 Å². The number of allylic oxidation sites excluding steroid dienone is 1. The van der Waals surface area contributed by atoms with Crippen molar-refractivity contribution in [3.63, 3.8) is 0 Å². The largest absolute Gasteiger partial charge is 0.554 e. The Morgan fingerprint density at radius 2 is 1.93 bits per heavy atom. The number of nitrogens with one attached hydrogen (secondary N) is 1. The average Bonchev–Trinajstić information content (AvgIpc) is 3.34. The van der Waals surface area contributed by atoms with E-state index in [2.05, 4.69) is 30.4 Å². The fraction of sp³-hybridized carbons (Fsp3) is 0.387. The summed E-state index contributed by atoms with van der Waals surface area (Å²) in [4.78, 5) is 36.4. The Morgan fingerprint density at radius 1 is 1.24 bits per heavy atom. The van der Waals surface area contributed by atoms with Gasteiger partial charge in [0.05, 0.1) is 50.5 Å². The average molecular weight is 627 g/mol. The third-order valence-electron chi connectivity index (χ3n) is 8.12. The molecule has 1 aliphatic carbocycles. The summed E-state index contributed by atoms with van der Waals surface area (Å²) in [5, 5.41) is 24.5. The summed E-state index contributed by atoms with van der Waals surface area (Å²) >= 11 is 0. The molecule has 0 radical (unpaired) electrons. The minimum absolute atomic E-state index is 0.0213. The van der Waals surface area contributed by atoms with Gasteiger partial charge < -0.3 is 19.1 Å². The van der Waals surface area contributed by atoms with Crippen LogP contribution < -0.4 is 15.7 Å². The number of fused-ring (bicyclic) bond motifs is 1. The number of ether oxygens (including phenoxy) is 1. The van der Waals surface area contributed by atoms with Crippen LogP contribution in [0, 0.1) is 17.2 Å². The number of benzene rings is 2. The topological polar surface area (TPSA) is 144 Å². The molecule has 0 bridgehead atoms. The van der Waals surface area contributed by atoms with Crippen molar-refractivity contribution in [1.82, 2.24) is 14.8 Å². The number of aromatic amines is 1. The highest BCUT2D eigenvalue weighted by Crippen LogP contribution is 2.44. The second-order valence-corrected chi connectivity index (χ2v) is 11.7. The molecule has 1 saturated carbocycles. The molecule has 1 fully saturated rings. The van der Waals surface area contributed by atoms with Crippen molar-refractivity contribution in [3.05, 3.63) is 86.5 Å². The summed E-state index contributed by atoms with van der Waals surface area (Å²) < 4.78 is 47.9. The summed E-state index contributed by atoms with van der Waals surface area (Å²) in [5.41, 5.74) is 0.655. The number of rotatable bonds is 7. The zero-order valence-corrected chi connectivity index (χ0v) is 25.2. The van der Waals surface area contributed by atoms with Crippen molar-refractivity contribution in [2.75, 3.05) is 32.6 Å². The standard InChI is InChI=1S/C30H31F3N6O3.CH2O2/c1-18-25(27(40)42-4)26(24-12-11-20(15-34)13-21(24)17-39(2,3)16-19-7-5-8-19)38-28(35-36-29(38)41)37(18)23-10-6-9-22(14-23)30(31,32)33;2-1-3/h6,9-14,19,26H,5,7-8,16-17H2,1-4H3;1H,(H,2,3). The van der Waals surface area contributed by atoms with Gasteiger partial charge in [-0.2, -0.15) is 18.4 Å². The molecule has 14 heteroatoms. The van der Waals surface area contributed by atoms with Crippen LogP contribution in [0.2, 0.25) is 0 Å². The summed E-state index contributed by atoms with van der Waals surface area (Å²) in [6.45, 7) is 2.53. The number of halogens is 3. The number of esters is 1. The van der Waals surface area contributed by atoms with Gasteiger partial charge >= 0.3 is 17.8 Å². The van der Waals surface area contributed by atoms with Gasteiger partial charge in [0.25, 0.3) is 0 Å². The summed E-state index contributed by atoms with van der Waals surface area (Å²) in [6, 6.07) is 10.9. The van der Waals surface area contributed by atoms with Gasteiger partial charge in [0.15, 0.2) is 0 Å². The number of anilines is 2. The molecule has 11 nitrogen and oxygen atoms in total. The maximum Gasteiger partial charge on any atom is 0.416 e. The minimum Gasteiger partial charge on any atom is -0.554 e. The third kappa shape index (κ3) is 6.78. The van der Waals surface area contributed by atoms with E-state index in [1.54, 1.807) is 25.1 Å². The Balaban J connectivity index is 0.00000148. The Bertz CT molecular complexity index is 1720. The van der Waals surface area contributed by atoms with Crippen LogP contribution >= 0.6 is 0 Å². The zero-order valence-electron chi connectivity index (χ0n) is 25.2. The molecule has 0 spiro atoms. The number of nitrogens with zero attached hydrogens (tertiary/aromatic N) is 5.